The van der Waals surface area contributed by atoms with Crippen LogP contribution in [0.25, 0.3) is 22.1 Å². The molecule has 1 N–H and O–H groups in total. The van der Waals surface area contributed by atoms with Gasteiger partial charge in [0.2, 0.25) is 0 Å². The Morgan fingerprint density at radius 3 is 2.75 bits per heavy atom. The normalized spacial score (nSPS) is 11.4. The highest BCUT2D eigenvalue weighted by molar-refractivity contribution is 6.04. The lowest BCUT2D eigenvalue weighted by Gasteiger charge is -2.06. The van der Waals surface area contributed by atoms with Crippen molar-refractivity contribution in [3.05, 3.63) is 48.0 Å². The number of ether oxygens (including phenoxy) is 2. The molecule has 0 aliphatic rings. The van der Waals surface area contributed by atoms with Gasteiger partial charge in [0.1, 0.15) is 17.0 Å². The number of anilines is 1. The third-order valence-corrected chi connectivity index (χ3v) is 4.50. The molecule has 0 spiro atoms. The molecule has 0 aliphatic heterocycles. The molecule has 0 fully saturated rings. The summed E-state index contributed by atoms with van der Waals surface area (Å²) < 4.78 is 12.7. The lowest BCUT2D eigenvalue weighted by molar-refractivity contribution is 0.402. The second-order valence-corrected chi connectivity index (χ2v) is 6.05. The molecular formula is C20H20N6O2. The molecule has 2 aromatic carbocycles. The van der Waals surface area contributed by atoms with Gasteiger partial charge in [-0.1, -0.05) is 18.2 Å². The summed E-state index contributed by atoms with van der Waals surface area (Å²) in [5.41, 5.74) is 6.25. The second-order valence-electron chi connectivity index (χ2n) is 6.05. The first-order valence-electron chi connectivity index (χ1n) is 8.88. The van der Waals surface area contributed by atoms with Crippen LogP contribution in [0, 0.1) is 0 Å². The van der Waals surface area contributed by atoms with Crippen molar-refractivity contribution < 1.29 is 9.47 Å². The topological polar surface area (TPSA) is 86.5 Å². The fourth-order valence-corrected chi connectivity index (χ4v) is 3.17. The maximum atomic E-state index is 5.35. The minimum Gasteiger partial charge on any atom is -0.497 e. The fraction of sp³-hybridized carbons (Fsp3) is 0.200. The lowest BCUT2D eigenvalue weighted by atomic mass is 10.2. The molecule has 142 valence electrons. The quantitative estimate of drug-likeness (QED) is 0.410. The Labute approximate surface area is 161 Å². The van der Waals surface area contributed by atoms with Crippen LogP contribution in [0.3, 0.4) is 0 Å². The van der Waals surface area contributed by atoms with Crippen molar-refractivity contribution >= 4 is 34.2 Å². The van der Waals surface area contributed by atoms with Crippen molar-refractivity contribution in [3.8, 4) is 11.5 Å². The van der Waals surface area contributed by atoms with Crippen LogP contribution in [0.2, 0.25) is 0 Å². The Bertz CT molecular complexity index is 1170. The number of aryl methyl sites for hydroxylation is 1. The summed E-state index contributed by atoms with van der Waals surface area (Å²) in [6.07, 6.45) is 1.63. The second kappa shape index (κ2) is 7.51. The smallest absolute Gasteiger partial charge is 0.265 e. The molecule has 0 unspecified atom stereocenters. The monoisotopic (exact) mass is 376 g/mol. The van der Waals surface area contributed by atoms with Gasteiger partial charge in [0.15, 0.2) is 5.65 Å². The summed E-state index contributed by atoms with van der Waals surface area (Å²) in [6.45, 7) is 2.86. The van der Waals surface area contributed by atoms with Gasteiger partial charge >= 0.3 is 0 Å². The van der Waals surface area contributed by atoms with E-state index in [4.69, 9.17) is 9.47 Å². The van der Waals surface area contributed by atoms with Crippen LogP contribution in [0.5, 0.6) is 11.5 Å². The van der Waals surface area contributed by atoms with E-state index in [2.05, 4.69) is 43.3 Å². The highest BCUT2D eigenvalue weighted by atomic mass is 16.5. The van der Waals surface area contributed by atoms with Crippen molar-refractivity contribution in [2.45, 2.75) is 13.5 Å². The fourth-order valence-electron chi connectivity index (χ4n) is 3.17. The van der Waals surface area contributed by atoms with Crippen LogP contribution < -0.4 is 14.9 Å². The summed E-state index contributed by atoms with van der Waals surface area (Å²) >= 11 is 0. The van der Waals surface area contributed by atoms with Crippen molar-refractivity contribution in [3.63, 3.8) is 0 Å². The third-order valence-electron chi connectivity index (χ3n) is 4.50. The van der Waals surface area contributed by atoms with E-state index >= 15 is 0 Å². The third kappa shape index (κ3) is 3.09. The number of benzene rings is 2. The van der Waals surface area contributed by atoms with Gasteiger partial charge in [0.25, 0.3) is 5.95 Å². The number of aromatic nitrogens is 4. The van der Waals surface area contributed by atoms with Crippen molar-refractivity contribution in [2.75, 3.05) is 19.6 Å². The number of fused-ring (bicyclic) bond motifs is 3. The van der Waals surface area contributed by atoms with Gasteiger partial charge < -0.3 is 14.0 Å². The van der Waals surface area contributed by atoms with Crippen LogP contribution in [0.1, 0.15) is 12.5 Å². The molecule has 0 saturated heterocycles. The first-order valence-corrected chi connectivity index (χ1v) is 8.88. The Morgan fingerprint density at radius 2 is 1.96 bits per heavy atom. The molecule has 4 rings (SSSR count). The van der Waals surface area contributed by atoms with Gasteiger partial charge in [-0.3, -0.25) is 0 Å². The molecule has 2 heterocycles. The minimum absolute atomic E-state index is 0.322. The van der Waals surface area contributed by atoms with Crippen LogP contribution in [-0.4, -0.2) is 40.2 Å². The van der Waals surface area contributed by atoms with Crippen LogP contribution in [-0.2, 0) is 6.54 Å². The summed E-state index contributed by atoms with van der Waals surface area (Å²) in [7, 11) is 3.22. The lowest BCUT2D eigenvalue weighted by Crippen LogP contribution is -2.02. The van der Waals surface area contributed by atoms with E-state index in [1.54, 1.807) is 20.4 Å². The number of methoxy groups -OCH3 is 2. The Hall–Kier alpha value is -3.68. The number of nitrogens with zero attached hydrogens (tertiary/aromatic N) is 5. The molecule has 8 heteroatoms. The van der Waals surface area contributed by atoms with Crippen LogP contribution in [0.4, 0.5) is 5.95 Å². The van der Waals surface area contributed by atoms with E-state index in [0.29, 0.717) is 17.4 Å². The summed E-state index contributed by atoms with van der Waals surface area (Å²) in [6, 6.07) is 13.6. The summed E-state index contributed by atoms with van der Waals surface area (Å²) in [5.74, 6) is 1.73. The maximum Gasteiger partial charge on any atom is 0.265 e. The first kappa shape index (κ1) is 17.7. The maximum absolute atomic E-state index is 5.35. The molecule has 0 saturated carbocycles. The van der Waals surface area contributed by atoms with Crippen molar-refractivity contribution in [2.24, 2.45) is 5.10 Å². The van der Waals surface area contributed by atoms with E-state index in [0.717, 1.165) is 34.2 Å². The molecule has 0 atom stereocenters. The Kier molecular flexibility index (Phi) is 4.76. The molecule has 0 radical (unpaired) electrons. The number of hydrogen-bond donors (Lipinski definition) is 1. The van der Waals surface area contributed by atoms with E-state index in [9.17, 15) is 0 Å². The van der Waals surface area contributed by atoms with Gasteiger partial charge in [-0.25, -0.2) is 5.43 Å². The number of rotatable bonds is 6. The standard InChI is InChI=1S/C20H20N6O2/c1-4-26-16-8-6-5-7-15(16)18-19(26)22-20(25-23-18)24-21-12-13-11-14(27-2)9-10-17(13)28-3/h5-12H,4H2,1-3H3,(H,22,24,25)/b21-12+. The zero-order valence-electron chi connectivity index (χ0n) is 15.9. The van der Waals surface area contributed by atoms with Crippen LogP contribution in [0.15, 0.2) is 47.6 Å². The predicted molar refractivity (Wildman–Crippen MR) is 109 cm³/mol. The largest absolute Gasteiger partial charge is 0.497 e. The van der Waals surface area contributed by atoms with Gasteiger partial charge in [-0.05, 0) is 31.2 Å². The van der Waals surface area contributed by atoms with Gasteiger partial charge in [0, 0.05) is 17.5 Å². The Balaban J connectivity index is 1.66. The molecule has 0 amide bonds. The first-order chi connectivity index (χ1) is 13.7. The average molecular weight is 376 g/mol. The SMILES string of the molecule is CCn1c2ccccc2c2nnc(N/N=C/c3cc(OC)ccc3OC)nc21. The molecule has 4 aromatic rings. The number of para-hydroxylation sites is 1. The average Bonchev–Trinajstić information content (AvgIpc) is 3.06. The van der Waals surface area contributed by atoms with Gasteiger partial charge in [-0.15, -0.1) is 10.2 Å². The summed E-state index contributed by atoms with van der Waals surface area (Å²) in [5, 5.41) is 13.8. The molecule has 0 aliphatic carbocycles. The van der Waals surface area contributed by atoms with Gasteiger partial charge in [0.05, 0.1) is 26.0 Å². The summed E-state index contributed by atoms with van der Waals surface area (Å²) in [4.78, 5) is 4.60. The Morgan fingerprint density at radius 1 is 1.11 bits per heavy atom. The molecular weight excluding hydrogens is 356 g/mol. The van der Waals surface area contributed by atoms with E-state index < -0.39 is 0 Å². The zero-order chi connectivity index (χ0) is 19.5. The van der Waals surface area contributed by atoms with E-state index in [1.807, 2.05) is 36.4 Å². The van der Waals surface area contributed by atoms with Crippen molar-refractivity contribution in [1.29, 1.82) is 0 Å². The highest BCUT2D eigenvalue weighted by Crippen LogP contribution is 2.26. The number of hydrazone groups is 1. The van der Waals surface area contributed by atoms with Crippen molar-refractivity contribution in [1.82, 2.24) is 19.7 Å². The molecule has 28 heavy (non-hydrogen) atoms. The zero-order valence-corrected chi connectivity index (χ0v) is 15.9. The van der Waals surface area contributed by atoms with Crippen LogP contribution >= 0.6 is 0 Å². The minimum atomic E-state index is 0.322. The molecule has 8 nitrogen and oxygen atoms in total. The molecule has 2 aromatic heterocycles. The predicted octanol–water partition coefficient (Wildman–Crippen LogP) is 3.46. The highest BCUT2D eigenvalue weighted by Gasteiger charge is 2.13. The van der Waals surface area contributed by atoms with E-state index in [-0.39, 0.29) is 0 Å². The van der Waals surface area contributed by atoms with Gasteiger partial charge in [-0.2, -0.15) is 10.1 Å². The number of nitrogens with one attached hydrogen (secondary N) is 1. The number of hydrogen-bond acceptors (Lipinski definition) is 7. The molecule has 0 bridgehead atoms. The van der Waals surface area contributed by atoms with E-state index in [1.165, 1.54) is 0 Å².